The van der Waals surface area contributed by atoms with Crippen molar-refractivity contribution in [3.63, 3.8) is 0 Å². The number of hydrogen-bond acceptors (Lipinski definition) is 6. The molecule has 0 radical (unpaired) electrons. The third-order valence-corrected chi connectivity index (χ3v) is 6.42. The van der Waals surface area contributed by atoms with Gasteiger partial charge in [-0.15, -0.1) is 0 Å². The first-order chi connectivity index (χ1) is 13.6. The molecule has 2 aromatic rings. The van der Waals surface area contributed by atoms with Crippen LogP contribution in [0.2, 0.25) is 0 Å². The number of carbonyl (C=O) groups is 1. The number of hydrogen-bond donors (Lipinski definition) is 1. The number of nitrogens with zero attached hydrogens (tertiary/aromatic N) is 1. The Hall–Kier alpha value is -2.47. The Morgan fingerprint density at radius 2 is 1.86 bits per heavy atom. The van der Waals surface area contributed by atoms with Crippen LogP contribution in [-0.2, 0) is 30.1 Å². The molecule has 0 amide bonds. The Balaban J connectivity index is 1.55. The van der Waals surface area contributed by atoms with Gasteiger partial charge < -0.3 is 14.1 Å². The Morgan fingerprint density at radius 1 is 1.18 bits per heavy atom. The summed E-state index contributed by atoms with van der Waals surface area (Å²) in [6.45, 7) is 1.85. The van der Waals surface area contributed by atoms with E-state index in [0.29, 0.717) is 12.1 Å². The average molecular weight is 402 g/mol. The van der Waals surface area contributed by atoms with E-state index in [1.165, 1.54) is 0 Å². The molecule has 0 fully saturated rings. The molecular formula is C20H23N2O5P. The summed E-state index contributed by atoms with van der Waals surface area (Å²) in [6, 6.07) is 18.9. The summed E-state index contributed by atoms with van der Waals surface area (Å²) in [5, 5.41) is 6.75. The Kier molecular flexibility index (Phi) is 6.98. The van der Waals surface area contributed by atoms with Crippen LogP contribution in [0.1, 0.15) is 24.5 Å². The predicted molar refractivity (Wildman–Crippen MR) is 106 cm³/mol. The van der Waals surface area contributed by atoms with Crippen molar-refractivity contribution < 1.29 is 23.5 Å². The van der Waals surface area contributed by atoms with Gasteiger partial charge in [-0.1, -0.05) is 65.8 Å². The molecule has 1 N–H and O–H groups in total. The van der Waals surface area contributed by atoms with Gasteiger partial charge in [-0.3, -0.25) is 9.36 Å². The van der Waals surface area contributed by atoms with Crippen molar-refractivity contribution in [2.24, 2.45) is 5.16 Å². The monoisotopic (exact) mass is 402 g/mol. The molecule has 2 unspecified atom stereocenters. The molecule has 3 rings (SSSR count). The van der Waals surface area contributed by atoms with Crippen LogP contribution in [0.5, 0.6) is 0 Å². The van der Waals surface area contributed by atoms with Crippen LogP contribution in [0.3, 0.4) is 0 Å². The number of benzene rings is 2. The van der Waals surface area contributed by atoms with Gasteiger partial charge in [-0.05, 0) is 18.1 Å². The van der Waals surface area contributed by atoms with Crippen molar-refractivity contribution in [3.05, 3.63) is 71.8 Å². The number of oxime groups is 1. The lowest BCUT2D eigenvalue weighted by Crippen LogP contribution is -2.28. The van der Waals surface area contributed by atoms with Crippen molar-refractivity contribution in [1.82, 2.24) is 5.09 Å². The second-order valence-electron chi connectivity index (χ2n) is 6.16. The second-order valence-corrected chi connectivity index (χ2v) is 8.51. The van der Waals surface area contributed by atoms with Crippen LogP contribution in [0.4, 0.5) is 0 Å². The fourth-order valence-corrected chi connectivity index (χ4v) is 4.51. The van der Waals surface area contributed by atoms with Gasteiger partial charge in [0.05, 0.1) is 12.3 Å². The van der Waals surface area contributed by atoms with Crippen LogP contribution in [0, 0.1) is 0 Å². The van der Waals surface area contributed by atoms with E-state index in [0.717, 1.165) is 11.1 Å². The van der Waals surface area contributed by atoms with Gasteiger partial charge in [0.1, 0.15) is 13.2 Å². The van der Waals surface area contributed by atoms with E-state index in [4.69, 9.17) is 14.1 Å². The molecule has 0 saturated heterocycles. The Labute approximate surface area is 164 Å². The molecule has 2 aromatic carbocycles. The highest BCUT2D eigenvalue weighted by Crippen LogP contribution is 2.51. The van der Waals surface area contributed by atoms with E-state index in [-0.39, 0.29) is 19.8 Å². The summed E-state index contributed by atoms with van der Waals surface area (Å²) in [7, 11) is -3.46. The summed E-state index contributed by atoms with van der Waals surface area (Å²) in [5.41, 5.74) is 2.47. The van der Waals surface area contributed by atoms with E-state index in [9.17, 15) is 9.36 Å². The zero-order chi connectivity index (χ0) is 19.8. The summed E-state index contributed by atoms with van der Waals surface area (Å²) < 4.78 is 23.9. The first kappa shape index (κ1) is 20.3. The number of rotatable bonds is 9. The molecule has 1 aliphatic heterocycles. The first-order valence-corrected chi connectivity index (χ1v) is 10.8. The fourth-order valence-electron chi connectivity index (χ4n) is 2.73. The van der Waals surface area contributed by atoms with Crippen molar-refractivity contribution in [1.29, 1.82) is 0 Å². The molecule has 7 nitrogen and oxygen atoms in total. The van der Waals surface area contributed by atoms with E-state index in [1.807, 2.05) is 60.7 Å². The van der Waals surface area contributed by atoms with E-state index in [2.05, 4.69) is 10.2 Å². The van der Waals surface area contributed by atoms with E-state index in [1.54, 1.807) is 6.92 Å². The molecule has 28 heavy (non-hydrogen) atoms. The highest BCUT2D eigenvalue weighted by molar-refractivity contribution is 7.57. The van der Waals surface area contributed by atoms with Gasteiger partial charge in [0.25, 0.3) is 0 Å². The minimum Gasteiger partial charge on any atom is -0.460 e. The van der Waals surface area contributed by atoms with Crippen molar-refractivity contribution in [2.75, 3.05) is 13.2 Å². The summed E-state index contributed by atoms with van der Waals surface area (Å²) >= 11 is 0. The minimum atomic E-state index is -3.46. The van der Waals surface area contributed by atoms with Gasteiger partial charge in [0, 0.05) is 6.42 Å². The third kappa shape index (κ3) is 5.29. The lowest BCUT2D eigenvalue weighted by atomic mass is 10.1. The Morgan fingerprint density at radius 3 is 2.54 bits per heavy atom. The molecule has 0 aromatic heterocycles. The number of carbonyl (C=O) groups excluding carboxylic acids is 1. The largest absolute Gasteiger partial charge is 0.460 e. The minimum absolute atomic E-state index is 0.154. The van der Waals surface area contributed by atoms with Crippen molar-refractivity contribution in [2.45, 2.75) is 25.8 Å². The molecular weight excluding hydrogens is 379 g/mol. The van der Waals surface area contributed by atoms with Gasteiger partial charge in [0.15, 0.2) is 0 Å². The van der Waals surface area contributed by atoms with Crippen molar-refractivity contribution in [3.8, 4) is 0 Å². The van der Waals surface area contributed by atoms with Crippen LogP contribution < -0.4 is 5.09 Å². The normalized spacial score (nSPS) is 18.0. The molecule has 148 valence electrons. The molecule has 0 spiro atoms. The second kappa shape index (κ2) is 9.64. The average Bonchev–Trinajstić information content (AvgIpc) is 3.24. The molecule has 2 atom stereocenters. The standard InChI is InChI=1S/C20H23N2O5P/c1-2-26-28(24,20-13-18(22-27-20)17-11-7-4-8-12-17)21-14-19(23)25-15-16-9-5-3-6-10-16/h3-12,20H,2,13-15H2,1H3,(H,21,24). The maximum Gasteiger partial charge on any atom is 0.320 e. The smallest absolute Gasteiger partial charge is 0.320 e. The third-order valence-electron chi connectivity index (χ3n) is 4.15. The maximum absolute atomic E-state index is 13.2. The van der Waals surface area contributed by atoms with Crippen LogP contribution in [0.15, 0.2) is 65.8 Å². The summed E-state index contributed by atoms with van der Waals surface area (Å²) in [4.78, 5) is 17.4. The molecule has 1 heterocycles. The highest BCUT2D eigenvalue weighted by atomic mass is 31.2. The zero-order valence-electron chi connectivity index (χ0n) is 15.6. The molecule has 0 bridgehead atoms. The predicted octanol–water partition coefficient (Wildman–Crippen LogP) is 3.70. The van der Waals surface area contributed by atoms with Crippen molar-refractivity contribution >= 4 is 19.2 Å². The first-order valence-electron chi connectivity index (χ1n) is 9.08. The summed E-state index contributed by atoms with van der Waals surface area (Å²) in [6.07, 6.45) is 0.327. The quantitative estimate of drug-likeness (QED) is 0.508. The summed E-state index contributed by atoms with van der Waals surface area (Å²) in [5.74, 6) is -1.31. The van der Waals surface area contributed by atoms with Crippen LogP contribution in [0.25, 0.3) is 0 Å². The van der Waals surface area contributed by atoms with Gasteiger partial charge in [-0.25, -0.2) is 5.09 Å². The van der Waals surface area contributed by atoms with Gasteiger partial charge >= 0.3 is 13.5 Å². The van der Waals surface area contributed by atoms with Crippen LogP contribution in [-0.4, -0.2) is 30.7 Å². The lowest BCUT2D eigenvalue weighted by Gasteiger charge is -2.22. The maximum atomic E-state index is 13.2. The SMILES string of the molecule is CCOP(=O)(NCC(=O)OCc1ccccc1)C1CC(c2ccccc2)=NO1. The number of esters is 1. The molecule has 0 saturated carbocycles. The lowest BCUT2D eigenvalue weighted by molar-refractivity contribution is -0.143. The molecule has 0 aliphatic carbocycles. The van der Waals surface area contributed by atoms with E-state index >= 15 is 0 Å². The van der Waals surface area contributed by atoms with Crippen LogP contribution >= 0.6 is 7.52 Å². The zero-order valence-corrected chi connectivity index (χ0v) is 16.5. The van der Waals surface area contributed by atoms with Gasteiger partial charge in [0.2, 0.25) is 5.85 Å². The Bertz CT molecular complexity index is 857. The highest BCUT2D eigenvalue weighted by Gasteiger charge is 2.41. The topological polar surface area (TPSA) is 86.2 Å². The fraction of sp³-hybridized carbons (Fsp3) is 0.300. The van der Waals surface area contributed by atoms with E-state index < -0.39 is 19.3 Å². The molecule has 1 aliphatic rings. The molecule has 8 heteroatoms. The number of ether oxygens (including phenoxy) is 1. The number of nitrogens with one attached hydrogen (secondary N) is 1. The van der Waals surface area contributed by atoms with Gasteiger partial charge in [-0.2, -0.15) is 0 Å².